The van der Waals surface area contributed by atoms with Crippen molar-refractivity contribution in [1.82, 2.24) is 0 Å². The van der Waals surface area contributed by atoms with Crippen LogP contribution in [0.4, 0.5) is 10.1 Å². The van der Waals surface area contributed by atoms with Gasteiger partial charge in [0, 0.05) is 18.7 Å². The van der Waals surface area contributed by atoms with Gasteiger partial charge in [0.2, 0.25) is 5.91 Å². The molecular formula is C20H20FNO4. The molecule has 5 nitrogen and oxygen atoms in total. The van der Waals surface area contributed by atoms with Crippen LogP contribution in [0, 0.1) is 18.7 Å². The van der Waals surface area contributed by atoms with Crippen molar-refractivity contribution in [3.63, 3.8) is 0 Å². The number of anilines is 1. The van der Waals surface area contributed by atoms with Crippen LogP contribution in [0.15, 0.2) is 48.5 Å². The molecule has 0 aliphatic carbocycles. The van der Waals surface area contributed by atoms with Gasteiger partial charge in [-0.15, -0.1) is 0 Å². The molecular weight excluding hydrogens is 337 g/mol. The van der Waals surface area contributed by atoms with Crippen molar-refractivity contribution in [3.05, 3.63) is 59.9 Å². The summed E-state index contributed by atoms with van der Waals surface area (Å²) >= 11 is 0. The van der Waals surface area contributed by atoms with Crippen molar-refractivity contribution in [3.8, 4) is 5.75 Å². The number of para-hydroxylation sites is 1. The van der Waals surface area contributed by atoms with Gasteiger partial charge >= 0.3 is 5.97 Å². The zero-order chi connectivity index (χ0) is 18.5. The van der Waals surface area contributed by atoms with Gasteiger partial charge in [0.05, 0.1) is 5.92 Å². The molecule has 26 heavy (non-hydrogen) atoms. The number of carbonyl (C=O) groups excluding carboxylic acids is 2. The number of hydrogen-bond acceptors (Lipinski definition) is 4. The largest absolute Gasteiger partial charge is 0.487 e. The van der Waals surface area contributed by atoms with Crippen LogP contribution in [0.1, 0.15) is 12.0 Å². The molecule has 1 fully saturated rings. The molecule has 0 spiro atoms. The van der Waals surface area contributed by atoms with Gasteiger partial charge in [0.15, 0.2) is 11.6 Å². The number of rotatable bonds is 6. The lowest BCUT2D eigenvalue weighted by atomic mass is 10.1. The molecule has 136 valence electrons. The van der Waals surface area contributed by atoms with E-state index in [1.807, 2.05) is 31.2 Å². The molecule has 1 aliphatic heterocycles. The summed E-state index contributed by atoms with van der Waals surface area (Å²) in [6.07, 6.45) is 0.126. The molecule has 0 radical (unpaired) electrons. The molecule has 6 heteroatoms. The number of carbonyl (C=O) groups is 2. The molecule has 3 rings (SSSR count). The van der Waals surface area contributed by atoms with Gasteiger partial charge in [-0.3, -0.25) is 9.59 Å². The second kappa shape index (κ2) is 7.99. The normalized spacial score (nSPS) is 16.6. The molecule has 0 bridgehead atoms. The summed E-state index contributed by atoms with van der Waals surface area (Å²) in [5, 5.41) is 0. The molecule has 1 atom stereocenters. The van der Waals surface area contributed by atoms with E-state index in [9.17, 15) is 14.0 Å². The molecule has 0 aromatic heterocycles. The molecule has 1 aliphatic rings. The van der Waals surface area contributed by atoms with E-state index in [2.05, 4.69) is 0 Å². The predicted molar refractivity (Wildman–Crippen MR) is 94.5 cm³/mol. The number of ether oxygens (including phenoxy) is 2. The Morgan fingerprint density at radius 1 is 1.15 bits per heavy atom. The number of benzene rings is 2. The lowest BCUT2D eigenvalue weighted by Gasteiger charge is -2.16. The van der Waals surface area contributed by atoms with Crippen LogP contribution >= 0.6 is 0 Å². The maximum absolute atomic E-state index is 13.4. The van der Waals surface area contributed by atoms with Crippen molar-refractivity contribution in [2.45, 2.75) is 13.3 Å². The van der Waals surface area contributed by atoms with Gasteiger partial charge in [-0.05, 0) is 31.2 Å². The van der Waals surface area contributed by atoms with E-state index < -0.39 is 17.7 Å². The summed E-state index contributed by atoms with van der Waals surface area (Å²) in [5.74, 6) is -1.39. The Bertz CT molecular complexity index is 791. The average molecular weight is 357 g/mol. The summed E-state index contributed by atoms with van der Waals surface area (Å²) in [6, 6.07) is 13.6. The molecule has 2 aromatic rings. The van der Waals surface area contributed by atoms with E-state index in [0.717, 1.165) is 11.3 Å². The van der Waals surface area contributed by atoms with Gasteiger partial charge in [-0.25, -0.2) is 4.39 Å². The summed E-state index contributed by atoms with van der Waals surface area (Å²) in [5.41, 5.74) is 1.88. The van der Waals surface area contributed by atoms with Crippen molar-refractivity contribution in [2.75, 3.05) is 24.7 Å². The highest BCUT2D eigenvalue weighted by Gasteiger charge is 2.36. The highest BCUT2D eigenvalue weighted by molar-refractivity contribution is 5.99. The van der Waals surface area contributed by atoms with E-state index in [1.165, 1.54) is 12.1 Å². The first kappa shape index (κ1) is 17.9. The summed E-state index contributed by atoms with van der Waals surface area (Å²) < 4.78 is 23.8. The van der Waals surface area contributed by atoms with Crippen molar-refractivity contribution >= 4 is 17.6 Å². The van der Waals surface area contributed by atoms with E-state index in [1.54, 1.807) is 17.0 Å². The van der Waals surface area contributed by atoms with Gasteiger partial charge in [-0.2, -0.15) is 0 Å². The topological polar surface area (TPSA) is 55.8 Å². The van der Waals surface area contributed by atoms with Gasteiger partial charge in [0.1, 0.15) is 13.2 Å². The van der Waals surface area contributed by atoms with Crippen LogP contribution in [0.2, 0.25) is 0 Å². The number of nitrogens with zero attached hydrogens (tertiary/aromatic N) is 1. The van der Waals surface area contributed by atoms with Crippen LogP contribution in [0.5, 0.6) is 5.75 Å². The molecule has 1 unspecified atom stereocenters. The molecule has 1 amide bonds. The van der Waals surface area contributed by atoms with Gasteiger partial charge < -0.3 is 14.4 Å². The SMILES string of the molecule is Cc1ccc(N2CC(C(=O)OCCOc3ccccc3F)CC2=O)cc1. The molecule has 2 aromatic carbocycles. The standard InChI is InChI=1S/C20H20FNO4/c1-14-6-8-16(9-7-14)22-13-15(12-19(22)23)20(24)26-11-10-25-18-5-3-2-4-17(18)21/h2-9,15H,10-13H2,1H3. The van der Waals surface area contributed by atoms with E-state index >= 15 is 0 Å². The van der Waals surface area contributed by atoms with Crippen LogP contribution in [0.3, 0.4) is 0 Å². The fourth-order valence-electron chi connectivity index (χ4n) is 2.81. The Morgan fingerprint density at radius 3 is 2.62 bits per heavy atom. The van der Waals surface area contributed by atoms with E-state index in [0.29, 0.717) is 6.54 Å². The molecule has 0 saturated carbocycles. The Morgan fingerprint density at radius 2 is 1.88 bits per heavy atom. The number of aryl methyl sites for hydroxylation is 1. The lowest BCUT2D eigenvalue weighted by Crippen LogP contribution is -2.26. The Balaban J connectivity index is 1.47. The third kappa shape index (κ3) is 4.20. The van der Waals surface area contributed by atoms with Crippen molar-refractivity contribution in [1.29, 1.82) is 0 Å². The van der Waals surface area contributed by atoms with Gasteiger partial charge in [0.25, 0.3) is 0 Å². The molecule has 1 saturated heterocycles. The summed E-state index contributed by atoms with van der Waals surface area (Å²) in [4.78, 5) is 25.9. The maximum Gasteiger partial charge on any atom is 0.311 e. The van der Waals surface area contributed by atoms with Gasteiger partial charge in [-0.1, -0.05) is 29.8 Å². The highest BCUT2D eigenvalue weighted by atomic mass is 19.1. The van der Waals surface area contributed by atoms with E-state index in [4.69, 9.17) is 9.47 Å². The number of halogens is 1. The first-order valence-corrected chi connectivity index (χ1v) is 8.45. The summed E-state index contributed by atoms with van der Waals surface area (Å²) in [7, 11) is 0. The minimum atomic E-state index is -0.503. The Labute approximate surface area is 151 Å². The van der Waals surface area contributed by atoms with Crippen LogP contribution in [0.25, 0.3) is 0 Å². The van der Waals surface area contributed by atoms with Crippen molar-refractivity contribution in [2.24, 2.45) is 5.92 Å². The van der Waals surface area contributed by atoms with E-state index in [-0.39, 0.29) is 31.3 Å². The first-order valence-electron chi connectivity index (χ1n) is 8.45. The second-order valence-corrected chi connectivity index (χ2v) is 6.19. The lowest BCUT2D eigenvalue weighted by molar-refractivity contribution is -0.149. The first-order chi connectivity index (χ1) is 12.5. The Kier molecular flexibility index (Phi) is 5.51. The maximum atomic E-state index is 13.4. The third-order valence-corrected chi connectivity index (χ3v) is 4.23. The van der Waals surface area contributed by atoms with Crippen LogP contribution < -0.4 is 9.64 Å². The highest BCUT2D eigenvalue weighted by Crippen LogP contribution is 2.26. The number of hydrogen-bond donors (Lipinski definition) is 0. The molecule has 0 N–H and O–H groups in total. The third-order valence-electron chi connectivity index (χ3n) is 4.23. The fourth-order valence-corrected chi connectivity index (χ4v) is 2.81. The monoisotopic (exact) mass is 357 g/mol. The van der Waals surface area contributed by atoms with Crippen LogP contribution in [-0.2, 0) is 14.3 Å². The number of esters is 1. The summed E-state index contributed by atoms with van der Waals surface area (Å²) in [6.45, 7) is 2.32. The smallest absolute Gasteiger partial charge is 0.311 e. The minimum absolute atomic E-state index is 0.00237. The average Bonchev–Trinajstić information content (AvgIpc) is 3.02. The number of amides is 1. The van der Waals surface area contributed by atoms with Crippen molar-refractivity contribution < 1.29 is 23.5 Å². The Hall–Kier alpha value is -2.89. The quantitative estimate of drug-likeness (QED) is 0.589. The van der Waals surface area contributed by atoms with Crippen LogP contribution in [-0.4, -0.2) is 31.6 Å². The fraction of sp³-hybridized carbons (Fsp3) is 0.300. The zero-order valence-corrected chi connectivity index (χ0v) is 14.5. The minimum Gasteiger partial charge on any atom is -0.487 e. The predicted octanol–water partition coefficient (Wildman–Crippen LogP) is 3.11. The molecule has 1 heterocycles. The zero-order valence-electron chi connectivity index (χ0n) is 14.5. The second-order valence-electron chi connectivity index (χ2n) is 6.19.